The molecule has 6 heteroatoms. The van der Waals surface area contributed by atoms with Gasteiger partial charge in [-0.3, -0.25) is 0 Å². The summed E-state index contributed by atoms with van der Waals surface area (Å²) in [5, 5.41) is 11.4. The molecule has 0 aliphatic carbocycles. The molecule has 0 aliphatic rings. The van der Waals surface area contributed by atoms with Gasteiger partial charge in [-0.1, -0.05) is 18.2 Å². The molecule has 4 aromatic heterocycles. The molecule has 0 bridgehead atoms. The number of pyridine rings is 1. The monoisotopic (exact) mass is 351 g/mol. The summed E-state index contributed by atoms with van der Waals surface area (Å²) < 4.78 is 0. The third kappa shape index (κ3) is 2.23. The van der Waals surface area contributed by atoms with E-state index in [-0.39, 0.29) is 0 Å². The Hall–Kier alpha value is -3.93. The van der Waals surface area contributed by atoms with Crippen molar-refractivity contribution in [3.8, 4) is 17.1 Å². The van der Waals surface area contributed by atoms with Crippen molar-refractivity contribution in [3.63, 3.8) is 0 Å². The first-order valence-electron chi connectivity index (χ1n) is 8.78. The number of aromatic amines is 3. The van der Waals surface area contributed by atoms with Gasteiger partial charge in [0.1, 0.15) is 16.7 Å². The lowest BCUT2D eigenvalue weighted by molar-refractivity contribution is -0.334. The number of nitrogens with one attached hydrogen (secondary N) is 3. The van der Waals surface area contributed by atoms with Crippen LogP contribution >= 0.6 is 0 Å². The summed E-state index contributed by atoms with van der Waals surface area (Å²) in [4.78, 5) is 11.8. The molecule has 2 aromatic carbocycles. The number of nitrogens with zero attached hydrogens (tertiary/aromatic N) is 3. The fourth-order valence-corrected chi connectivity index (χ4v) is 3.49. The Kier molecular flexibility index (Phi) is 2.79. The van der Waals surface area contributed by atoms with Gasteiger partial charge in [0, 0.05) is 10.9 Å². The van der Waals surface area contributed by atoms with E-state index in [4.69, 9.17) is 0 Å². The van der Waals surface area contributed by atoms with Crippen molar-refractivity contribution in [2.75, 3.05) is 0 Å². The molecule has 3 N–H and O–H groups in total. The van der Waals surface area contributed by atoms with Crippen LogP contribution < -0.4 is 4.98 Å². The van der Waals surface area contributed by atoms with Crippen LogP contribution in [0.4, 0.5) is 0 Å². The summed E-state index contributed by atoms with van der Waals surface area (Å²) in [5.74, 6) is 0. The highest BCUT2D eigenvalue weighted by atomic mass is 15.5. The van der Waals surface area contributed by atoms with Crippen LogP contribution in [-0.4, -0.2) is 25.0 Å². The van der Waals surface area contributed by atoms with Crippen molar-refractivity contribution in [1.82, 2.24) is 25.0 Å². The lowest BCUT2D eigenvalue weighted by Crippen LogP contribution is -2.07. The number of hydrogen-bond donors (Lipinski definition) is 2. The van der Waals surface area contributed by atoms with Crippen LogP contribution in [0.1, 0.15) is 0 Å². The predicted molar refractivity (Wildman–Crippen MR) is 105 cm³/mol. The lowest BCUT2D eigenvalue weighted by atomic mass is 10.2. The lowest BCUT2D eigenvalue weighted by Gasteiger charge is -1.99. The Bertz CT molecular complexity index is 1400. The second-order valence-electron chi connectivity index (χ2n) is 6.61. The number of aromatic nitrogens is 6. The fourth-order valence-electron chi connectivity index (χ4n) is 3.49. The van der Waals surface area contributed by atoms with Gasteiger partial charge in [0.05, 0.1) is 23.0 Å². The van der Waals surface area contributed by atoms with Crippen LogP contribution in [0.2, 0.25) is 0 Å². The van der Waals surface area contributed by atoms with E-state index in [1.54, 1.807) is 4.80 Å². The van der Waals surface area contributed by atoms with Crippen LogP contribution in [-0.2, 0) is 0 Å². The zero-order valence-corrected chi connectivity index (χ0v) is 14.3. The van der Waals surface area contributed by atoms with E-state index < -0.39 is 0 Å². The molecule has 6 rings (SSSR count). The summed E-state index contributed by atoms with van der Waals surface area (Å²) in [5.41, 5.74) is 6.83. The third-order valence-corrected chi connectivity index (χ3v) is 4.88. The third-order valence-electron chi connectivity index (χ3n) is 4.88. The van der Waals surface area contributed by atoms with E-state index in [1.165, 1.54) is 0 Å². The smallest absolute Gasteiger partial charge is 0.284 e. The SMILES string of the molecule is c1ccc2nn(-c3ccc4cc(-c5ccc6cc[nH]c6[nH+]5)[nH]c4c3)nc2c1. The van der Waals surface area contributed by atoms with E-state index in [0.717, 1.165) is 50.0 Å². The average Bonchev–Trinajstić information content (AvgIpc) is 3.42. The first-order chi connectivity index (χ1) is 13.3. The van der Waals surface area contributed by atoms with Gasteiger partial charge in [0.25, 0.3) is 5.65 Å². The maximum Gasteiger partial charge on any atom is 0.284 e. The van der Waals surface area contributed by atoms with Crippen LogP contribution in [0.25, 0.3) is 50.0 Å². The number of hydrogen-bond acceptors (Lipinski definition) is 2. The minimum Gasteiger partial charge on any atom is -0.351 e. The van der Waals surface area contributed by atoms with E-state index >= 15 is 0 Å². The zero-order chi connectivity index (χ0) is 17.8. The van der Waals surface area contributed by atoms with Crippen molar-refractivity contribution in [2.45, 2.75) is 0 Å². The molecule has 4 heterocycles. The van der Waals surface area contributed by atoms with Crippen molar-refractivity contribution < 1.29 is 4.98 Å². The summed E-state index contributed by atoms with van der Waals surface area (Å²) in [7, 11) is 0. The Morgan fingerprint density at radius 2 is 1.63 bits per heavy atom. The summed E-state index contributed by atoms with van der Waals surface area (Å²) in [6.07, 6.45) is 1.93. The zero-order valence-electron chi connectivity index (χ0n) is 14.3. The minimum absolute atomic E-state index is 0.888. The van der Waals surface area contributed by atoms with Gasteiger partial charge in [0.15, 0.2) is 0 Å². The Morgan fingerprint density at radius 1 is 0.815 bits per heavy atom. The number of H-pyrrole nitrogens is 3. The van der Waals surface area contributed by atoms with Crippen molar-refractivity contribution in [2.24, 2.45) is 0 Å². The average molecular weight is 351 g/mol. The van der Waals surface area contributed by atoms with Gasteiger partial charge in [0.2, 0.25) is 0 Å². The highest BCUT2D eigenvalue weighted by molar-refractivity contribution is 5.87. The second-order valence-corrected chi connectivity index (χ2v) is 6.61. The summed E-state index contributed by atoms with van der Waals surface area (Å²) in [6, 6.07) is 22.5. The maximum absolute atomic E-state index is 4.56. The fraction of sp³-hybridized carbons (Fsp3) is 0. The highest BCUT2D eigenvalue weighted by Crippen LogP contribution is 2.24. The molecule has 0 spiro atoms. The van der Waals surface area contributed by atoms with Gasteiger partial charge < -0.3 is 4.98 Å². The molecule has 0 aliphatic heterocycles. The highest BCUT2D eigenvalue weighted by Gasteiger charge is 2.11. The van der Waals surface area contributed by atoms with Crippen molar-refractivity contribution >= 4 is 33.0 Å². The molecule has 6 nitrogen and oxygen atoms in total. The van der Waals surface area contributed by atoms with E-state index in [1.807, 2.05) is 42.6 Å². The standard InChI is InChI=1S/C21H14N6/c1-2-4-18-17(3-1)25-27(26-18)15-7-5-14-11-20(23-19(14)12-15)16-8-6-13-9-10-22-21(13)24-16/h1-12,23H,(H,22,24)/p+1. The molecule has 27 heavy (non-hydrogen) atoms. The predicted octanol–water partition coefficient (Wildman–Crippen LogP) is 3.86. The number of benzene rings is 2. The first-order valence-corrected chi connectivity index (χ1v) is 8.78. The van der Waals surface area contributed by atoms with E-state index in [9.17, 15) is 0 Å². The Labute approximate surface area is 153 Å². The largest absolute Gasteiger partial charge is 0.351 e. The van der Waals surface area contributed by atoms with E-state index in [2.05, 4.69) is 55.5 Å². The molecule has 0 fully saturated rings. The normalized spacial score (nSPS) is 11.7. The molecule has 128 valence electrons. The molecule has 0 saturated carbocycles. The van der Waals surface area contributed by atoms with Crippen molar-refractivity contribution in [1.29, 1.82) is 0 Å². The van der Waals surface area contributed by atoms with Crippen LogP contribution in [0.3, 0.4) is 0 Å². The summed E-state index contributed by atoms with van der Waals surface area (Å²) >= 11 is 0. The van der Waals surface area contributed by atoms with Gasteiger partial charge >= 0.3 is 0 Å². The van der Waals surface area contributed by atoms with Gasteiger partial charge in [-0.25, -0.2) is 9.97 Å². The second kappa shape index (κ2) is 5.28. The maximum atomic E-state index is 4.56. The van der Waals surface area contributed by atoms with E-state index in [0.29, 0.717) is 0 Å². The van der Waals surface area contributed by atoms with Gasteiger partial charge in [-0.05, 0) is 48.5 Å². The Morgan fingerprint density at radius 3 is 2.48 bits per heavy atom. The quantitative estimate of drug-likeness (QED) is 0.497. The summed E-state index contributed by atoms with van der Waals surface area (Å²) in [6.45, 7) is 0. The molecule has 0 unspecified atom stereocenters. The van der Waals surface area contributed by atoms with Crippen molar-refractivity contribution in [3.05, 3.63) is 72.9 Å². The van der Waals surface area contributed by atoms with Crippen LogP contribution in [0.5, 0.6) is 0 Å². The number of rotatable bonds is 2. The first kappa shape index (κ1) is 14.3. The Balaban J connectivity index is 1.46. The molecule has 0 saturated heterocycles. The molecule has 6 aromatic rings. The molecular formula is C21H15N6+. The topological polar surface area (TPSA) is 76.4 Å². The molecule has 0 radical (unpaired) electrons. The number of fused-ring (bicyclic) bond motifs is 3. The molecule has 0 amide bonds. The van der Waals surface area contributed by atoms with Crippen LogP contribution in [0.15, 0.2) is 72.9 Å². The molecule has 0 atom stereocenters. The molecular weight excluding hydrogens is 336 g/mol. The van der Waals surface area contributed by atoms with Gasteiger partial charge in [-0.2, -0.15) is 4.80 Å². The van der Waals surface area contributed by atoms with Crippen LogP contribution in [0, 0.1) is 0 Å². The minimum atomic E-state index is 0.888. The van der Waals surface area contributed by atoms with Gasteiger partial charge in [-0.15, -0.1) is 10.2 Å².